The molecule has 0 spiro atoms. The van der Waals surface area contributed by atoms with Crippen molar-refractivity contribution in [2.45, 2.75) is 59.4 Å². The summed E-state index contributed by atoms with van der Waals surface area (Å²) in [6.45, 7) is 8.74. The van der Waals surface area contributed by atoms with Crippen LogP contribution in [-0.2, 0) is 0 Å². The lowest BCUT2D eigenvalue weighted by Crippen LogP contribution is -2.36. The largest absolute Gasteiger partial charge is 0.466 e. The molecular formula is C15H25NO. The Labute approximate surface area is 105 Å². The van der Waals surface area contributed by atoms with Gasteiger partial charge in [-0.15, -0.1) is 0 Å². The maximum atomic E-state index is 6.50. The van der Waals surface area contributed by atoms with E-state index in [4.69, 9.17) is 10.2 Å². The molecule has 2 rings (SSSR count). The van der Waals surface area contributed by atoms with Gasteiger partial charge in [0.05, 0.1) is 0 Å². The molecule has 0 radical (unpaired) electrons. The van der Waals surface area contributed by atoms with Gasteiger partial charge in [0.2, 0.25) is 0 Å². The molecule has 2 atom stereocenters. The van der Waals surface area contributed by atoms with Crippen molar-refractivity contribution in [1.29, 1.82) is 0 Å². The highest BCUT2D eigenvalue weighted by atomic mass is 16.3. The molecule has 2 unspecified atom stereocenters. The zero-order valence-electron chi connectivity index (χ0n) is 11.5. The zero-order chi connectivity index (χ0) is 12.6. The van der Waals surface area contributed by atoms with Crippen LogP contribution in [0.25, 0.3) is 0 Å². The summed E-state index contributed by atoms with van der Waals surface area (Å²) >= 11 is 0. The van der Waals surface area contributed by atoms with Gasteiger partial charge in [0.1, 0.15) is 11.5 Å². The lowest BCUT2D eigenvalue weighted by molar-refractivity contribution is 0.112. The van der Waals surface area contributed by atoms with Gasteiger partial charge in [0.15, 0.2) is 0 Å². The number of hydrogen-bond acceptors (Lipinski definition) is 2. The maximum Gasteiger partial charge on any atom is 0.105 e. The van der Waals surface area contributed by atoms with Gasteiger partial charge in [-0.3, -0.25) is 0 Å². The predicted octanol–water partition coefficient (Wildman–Crippen LogP) is 4.11. The van der Waals surface area contributed by atoms with Gasteiger partial charge in [-0.25, -0.2) is 0 Å². The Morgan fingerprint density at radius 2 is 2.06 bits per heavy atom. The first-order valence-electron chi connectivity index (χ1n) is 6.74. The van der Waals surface area contributed by atoms with Crippen LogP contribution in [0.15, 0.2) is 10.5 Å². The predicted molar refractivity (Wildman–Crippen MR) is 70.8 cm³/mol. The first kappa shape index (κ1) is 12.7. The molecule has 0 amide bonds. The lowest BCUT2D eigenvalue weighted by Gasteiger charge is -2.42. The van der Waals surface area contributed by atoms with E-state index >= 15 is 0 Å². The first-order chi connectivity index (χ1) is 7.92. The zero-order valence-corrected chi connectivity index (χ0v) is 11.5. The Bertz CT molecular complexity index is 392. The standard InChI is InChI=1S/C15H25NO/c1-10-9-12(11(2)17-10)14(16)13-7-5-6-8-15(13,3)4/h9,13-14H,5-8,16H2,1-4H3. The second-order valence-corrected chi connectivity index (χ2v) is 6.24. The van der Waals surface area contributed by atoms with E-state index < -0.39 is 0 Å². The second kappa shape index (κ2) is 4.49. The molecule has 1 aliphatic rings. The minimum Gasteiger partial charge on any atom is -0.466 e. The lowest BCUT2D eigenvalue weighted by atomic mass is 9.65. The molecule has 17 heavy (non-hydrogen) atoms. The molecule has 2 heteroatoms. The molecule has 1 saturated carbocycles. The molecule has 96 valence electrons. The van der Waals surface area contributed by atoms with E-state index in [1.54, 1.807) is 0 Å². The fraction of sp³-hybridized carbons (Fsp3) is 0.733. The van der Waals surface area contributed by atoms with Gasteiger partial charge in [0.25, 0.3) is 0 Å². The van der Waals surface area contributed by atoms with E-state index in [-0.39, 0.29) is 6.04 Å². The summed E-state index contributed by atoms with van der Waals surface area (Å²) in [7, 11) is 0. The third kappa shape index (κ3) is 2.42. The average molecular weight is 235 g/mol. The Morgan fingerprint density at radius 3 is 2.59 bits per heavy atom. The fourth-order valence-electron chi connectivity index (χ4n) is 3.38. The number of hydrogen-bond donors (Lipinski definition) is 1. The van der Waals surface area contributed by atoms with Crippen LogP contribution in [-0.4, -0.2) is 0 Å². The van der Waals surface area contributed by atoms with Crippen molar-refractivity contribution in [3.8, 4) is 0 Å². The molecule has 1 aromatic rings. The minimum atomic E-state index is 0.128. The van der Waals surface area contributed by atoms with E-state index in [0.717, 1.165) is 11.5 Å². The molecule has 0 aromatic carbocycles. The van der Waals surface area contributed by atoms with Crippen LogP contribution in [0.2, 0.25) is 0 Å². The highest BCUT2D eigenvalue weighted by Crippen LogP contribution is 2.46. The number of rotatable bonds is 2. The smallest absolute Gasteiger partial charge is 0.105 e. The minimum absolute atomic E-state index is 0.128. The van der Waals surface area contributed by atoms with Gasteiger partial charge in [-0.2, -0.15) is 0 Å². The van der Waals surface area contributed by atoms with Gasteiger partial charge in [-0.1, -0.05) is 26.7 Å². The van der Waals surface area contributed by atoms with Gasteiger partial charge >= 0.3 is 0 Å². The topological polar surface area (TPSA) is 39.2 Å². The molecule has 0 saturated heterocycles. The number of furan rings is 1. The molecular weight excluding hydrogens is 210 g/mol. The third-order valence-electron chi connectivity index (χ3n) is 4.46. The fourth-order valence-corrected chi connectivity index (χ4v) is 3.38. The summed E-state index contributed by atoms with van der Waals surface area (Å²) in [4.78, 5) is 0. The highest BCUT2D eigenvalue weighted by Gasteiger charge is 2.37. The normalized spacial score (nSPS) is 25.8. The van der Waals surface area contributed by atoms with E-state index in [9.17, 15) is 0 Å². The van der Waals surface area contributed by atoms with Gasteiger partial charge in [-0.05, 0) is 44.1 Å². The van der Waals surface area contributed by atoms with Crippen molar-refractivity contribution >= 4 is 0 Å². The van der Waals surface area contributed by atoms with Crippen molar-refractivity contribution in [2.24, 2.45) is 17.1 Å². The average Bonchev–Trinajstić information content (AvgIpc) is 2.56. The van der Waals surface area contributed by atoms with E-state index in [0.29, 0.717) is 11.3 Å². The summed E-state index contributed by atoms with van der Waals surface area (Å²) in [5, 5.41) is 0. The number of nitrogens with two attached hydrogens (primary N) is 1. The molecule has 1 heterocycles. The summed E-state index contributed by atoms with van der Waals surface area (Å²) in [6.07, 6.45) is 5.20. The molecule has 2 N–H and O–H groups in total. The first-order valence-corrected chi connectivity index (χ1v) is 6.74. The van der Waals surface area contributed by atoms with Crippen molar-refractivity contribution in [1.82, 2.24) is 0 Å². The van der Waals surface area contributed by atoms with Crippen molar-refractivity contribution in [3.63, 3.8) is 0 Å². The molecule has 1 aromatic heterocycles. The van der Waals surface area contributed by atoms with Gasteiger partial charge in [0, 0.05) is 11.6 Å². The quantitative estimate of drug-likeness (QED) is 0.837. The van der Waals surface area contributed by atoms with E-state index in [1.165, 1.54) is 31.2 Å². The SMILES string of the molecule is Cc1cc(C(N)C2CCCCC2(C)C)c(C)o1. The van der Waals surface area contributed by atoms with Crippen LogP contribution < -0.4 is 5.73 Å². The molecule has 1 fully saturated rings. The van der Waals surface area contributed by atoms with Crippen LogP contribution in [0.4, 0.5) is 0 Å². The van der Waals surface area contributed by atoms with Crippen LogP contribution in [0.1, 0.15) is 62.7 Å². The van der Waals surface area contributed by atoms with Crippen LogP contribution >= 0.6 is 0 Å². The Hall–Kier alpha value is -0.760. The Kier molecular flexibility index (Phi) is 3.35. The van der Waals surface area contributed by atoms with Gasteiger partial charge < -0.3 is 10.2 Å². The Balaban J connectivity index is 2.24. The highest BCUT2D eigenvalue weighted by molar-refractivity contribution is 5.25. The summed E-state index contributed by atoms with van der Waals surface area (Å²) in [5.41, 5.74) is 8.07. The van der Waals surface area contributed by atoms with E-state index in [1.807, 2.05) is 13.8 Å². The third-order valence-corrected chi connectivity index (χ3v) is 4.46. The van der Waals surface area contributed by atoms with Crippen molar-refractivity contribution < 1.29 is 4.42 Å². The van der Waals surface area contributed by atoms with Crippen molar-refractivity contribution in [3.05, 3.63) is 23.2 Å². The van der Waals surface area contributed by atoms with Crippen LogP contribution in [0, 0.1) is 25.2 Å². The summed E-state index contributed by atoms with van der Waals surface area (Å²) in [5.74, 6) is 2.55. The maximum absolute atomic E-state index is 6.50. The van der Waals surface area contributed by atoms with Crippen LogP contribution in [0.3, 0.4) is 0 Å². The number of aryl methyl sites for hydroxylation is 2. The Morgan fingerprint density at radius 1 is 1.35 bits per heavy atom. The molecule has 0 aliphatic heterocycles. The molecule has 0 bridgehead atoms. The summed E-state index contributed by atoms with van der Waals surface area (Å²) in [6, 6.07) is 2.24. The van der Waals surface area contributed by atoms with E-state index in [2.05, 4.69) is 19.9 Å². The molecule has 1 aliphatic carbocycles. The van der Waals surface area contributed by atoms with Crippen LogP contribution in [0.5, 0.6) is 0 Å². The summed E-state index contributed by atoms with van der Waals surface area (Å²) < 4.78 is 5.61. The second-order valence-electron chi connectivity index (χ2n) is 6.24. The van der Waals surface area contributed by atoms with Crippen molar-refractivity contribution in [2.75, 3.05) is 0 Å². The molecule has 2 nitrogen and oxygen atoms in total. The monoisotopic (exact) mass is 235 g/mol.